The Balaban J connectivity index is 1.61. The standard InChI is InChI=1S/C25H29FN2O6S/c1-25(2,3)34-23(30)27-13-19-14-28(24(31)33-19)18-11-10-17(20(26)12-18)15-35-21(22(29)32-4)16-8-6-5-7-9-16/h5-12,19,21H,13-15H2,1-4H3,(H,27,30)/t19-,21?/m0/s1. The number of benzene rings is 2. The number of nitrogens with zero attached hydrogens (tertiary/aromatic N) is 1. The first-order valence-electron chi connectivity index (χ1n) is 11.0. The first-order valence-corrected chi connectivity index (χ1v) is 12.1. The summed E-state index contributed by atoms with van der Waals surface area (Å²) in [5.74, 6) is -0.688. The third-order valence-corrected chi connectivity index (χ3v) is 6.29. The number of rotatable bonds is 8. The van der Waals surface area contributed by atoms with Gasteiger partial charge < -0.3 is 19.5 Å². The van der Waals surface area contributed by atoms with E-state index in [-0.39, 0.29) is 18.8 Å². The molecular weight excluding hydrogens is 475 g/mol. The van der Waals surface area contributed by atoms with Gasteiger partial charge in [-0.2, -0.15) is 0 Å². The van der Waals surface area contributed by atoms with E-state index in [9.17, 15) is 18.8 Å². The van der Waals surface area contributed by atoms with Gasteiger partial charge in [-0.15, -0.1) is 11.8 Å². The van der Waals surface area contributed by atoms with E-state index in [0.29, 0.717) is 11.3 Å². The summed E-state index contributed by atoms with van der Waals surface area (Å²) in [6, 6.07) is 13.6. The second kappa shape index (κ2) is 11.4. The van der Waals surface area contributed by atoms with Crippen molar-refractivity contribution in [3.63, 3.8) is 0 Å². The molecule has 0 radical (unpaired) electrons. The fourth-order valence-electron chi connectivity index (χ4n) is 3.38. The number of esters is 1. The monoisotopic (exact) mass is 504 g/mol. The molecule has 188 valence electrons. The van der Waals surface area contributed by atoms with E-state index in [1.54, 1.807) is 32.9 Å². The van der Waals surface area contributed by atoms with Crippen molar-refractivity contribution in [2.24, 2.45) is 0 Å². The molecule has 10 heteroatoms. The average molecular weight is 505 g/mol. The molecule has 1 heterocycles. The summed E-state index contributed by atoms with van der Waals surface area (Å²) < 4.78 is 30.3. The molecule has 1 aliphatic rings. The lowest BCUT2D eigenvalue weighted by Crippen LogP contribution is -2.38. The van der Waals surface area contributed by atoms with E-state index in [2.05, 4.69) is 5.32 Å². The molecule has 1 N–H and O–H groups in total. The van der Waals surface area contributed by atoms with Gasteiger partial charge >= 0.3 is 18.2 Å². The lowest BCUT2D eigenvalue weighted by atomic mass is 10.1. The molecule has 0 saturated carbocycles. The number of methoxy groups -OCH3 is 1. The Bertz CT molecular complexity index is 1060. The first kappa shape index (κ1) is 26.3. The Morgan fingerprint density at radius 1 is 1.23 bits per heavy atom. The van der Waals surface area contributed by atoms with Crippen LogP contribution in [0.5, 0.6) is 0 Å². The molecule has 1 fully saturated rings. The SMILES string of the molecule is COC(=O)C(SCc1ccc(N2C[C@H](CNC(=O)OC(C)(C)C)OC2=O)cc1F)c1ccccc1. The molecular formula is C25H29FN2O6S. The maximum absolute atomic E-state index is 14.9. The van der Waals surface area contributed by atoms with Gasteiger partial charge in [0.15, 0.2) is 0 Å². The van der Waals surface area contributed by atoms with Crippen LogP contribution in [0.25, 0.3) is 0 Å². The molecule has 0 spiro atoms. The van der Waals surface area contributed by atoms with Crippen LogP contribution in [0.1, 0.15) is 37.1 Å². The number of hydrogen-bond donors (Lipinski definition) is 1. The number of amides is 2. The van der Waals surface area contributed by atoms with Crippen LogP contribution < -0.4 is 10.2 Å². The second-order valence-corrected chi connectivity index (χ2v) is 9.99. The van der Waals surface area contributed by atoms with Crippen LogP contribution in [-0.2, 0) is 24.8 Å². The van der Waals surface area contributed by atoms with Gasteiger partial charge in [0.25, 0.3) is 0 Å². The molecule has 0 aromatic heterocycles. The van der Waals surface area contributed by atoms with Gasteiger partial charge in [0.2, 0.25) is 0 Å². The number of nitrogens with one attached hydrogen (secondary N) is 1. The van der Waals surface area contributed by atoms with Crippen molar-refractivity contribution < 1.29 is 33.0 Å². The molecule has 2 aromatic carbocycles. The molecule has 0 aliphatic carbocycles. The lowest BCUT2D eigenvalue weighted by Gasteiger charge is -2.20. The fraction of sp³-hybridized carbons (Fsp3) is 0.400. The molecule has 2 amide bonds. The van der Waals surface area contributed by atoms with Crippen molar-refractivity contribution in [3.8, 4) is 0 Å². The van der Waals surface area contributed by atoms with Gasteiger partial charge in [0.05, 0.1) is 25.9 Å². The minimum absolute atomic E-state index is 0.0722. The van der Waals surface area contributed by atoms with Gasteiger partial charge in [-0.05, 0) is 44.0 Å². The van der Waals surface area contributed by atoms with Crippen LogP contribution in [0.15, 0.2) is 48.5 Å². The number of ether oxygens (including phenoxy) is 3. The van der Waals surface area contributed by atoms with Crippen molar-refractivity contribution >= 4 is 35.6 Å². The molecule has 8 nitrogen and oxygen atoms in total. The lowest BCUT2D eigenvalue weighted by molar-refractivity contribution is -0.140. The molecule has 0 bridgehead atoms. The molecule has 2 aromatic rings. The minimum Gasteiger partial charge on any atom is -0.468 e. The highest BCUT2D eigenvalue weighted by atomic mass is 32.2. The van der Waals surface area contributed by atoms with Crippen LogP contribution in [-0.4, -0.2) is 50.1 Å². The smallest absolute Gasteiger partial charge is 0.414 e. The average Bonchev–Trinajstić information content (AvgIpc) is 3.18. The number of hydrogen-bond acceptors (Lipinski definition) is 7. The summed E-state index contributed by atoms with van der Waals surface area (Å²) in [5, 5.41) is 1.98. The highest BCUT2D eigenvalue weighted by Gasteiger charge is 2.33. The van der Waals surface area contributed by atoms with Crippen molar-refractivity contribution in [1.82, 2.24) is 5.32 Å². The predicted molar refractivity (Wildman–Crippen MR) is 131 cm³/mol. The number of carbonyl (C=O) groups excluding carboxylic acids is 3. The first-order chi connectivity index (χ1) is 16.6. The Labute approximate surface area is 208 Å². The molecule has 1 aliphatic heterocycles. The van der Waals surface area contributed by atoms with Gasteiger partial charge in [-0.3, -0.25) is 9.69 Å². The maximum Gasteiger partial charge on any atom is 0.414 e. The van der Waals surface area contributed by atoms with Crippen molar-refractivity contribution in [2.75, 3.05) is 25.1 Å². The highest BCUT2D eigenvalue weighted by molar-refractivity contribution is 7.99. The molecule has 35 heavy (non-hydrogen) atoms. The summed E-state index contributed by atoms with van der Waals surface area (Å²) in [4.78, 5) is 37.7. The molecule has 2 atom stereocenters. The normalized spacial score (nSPS) is 16.4. The number of thioether (sulfide) groups is 1. The largest absolute Gasteiger partial charge is 0.468 e. The van der Waals surface area contributed by atoms with Gasteiger partial charge in [0, 0.05) is 5.75 Å². The Kier molecular flexibility index (Phi) is 8.61. The Morgan fingerprint density at radius 2 is 1.94 bits per heavy atom. The number of halogens is 1. The number of carbonyl (C=O) groups is 3. The van der Waals surface area contributed by atoms with Crippen LogP contribution >= 0.6 is 11.8 Å². The maximum atomic E-state index is 14.9. The van der Waals surface area contributed by atoms with E-state index < -0.39 is 40.9 Å². The van der Waals surface area contributed by atoms with Crippen LogP contribution in [0.3, 0.4) is 0 Å². The summed E-state index contributed by atoms with van der Waals surface area (Å²) >= 11 is 1.25. The van der Waals surface area contributed by atoms with E-state index in [1.165, 1.54) is 29.8 Å². The Hall–Kier alpha value is -3.27. The third kappa shape index (κ3) is 7.35. The quantitative estimate of drug-likeness (QED) is 0.407. The van der Waals surface area contributed by atoms with E-state index in [4.69, 9.17) is 14.2 Å². The molecule has 1 unspecified atom stereocenters. The van der Waals surface area contributed by atoms with E-state index >= 15 is 0 Å². The summed E-state index contributed by atoms with van der Waals surface area (Å²) in [6.45, 7) is 5.47. The zero-order chi connectivity index (χ0) is 25.6. The van der Waals surface area contributed by atoms with Gasteiger partial charge in [-0.25, -0.2) is 14.0 Å². The Morgan fingerprint density at radius 3 is 2.57 bits per heavy atom. The van der Waals surface area contributed by atoms with Crippen LogP contribution in [0, 0.1) is 5.82 Å². The van der Waals surface area contributed by atoms with Crippen molar-refractivity contribution in [3.05, 3.63) is 65.5 Å². The third-order valence-electron chi connectivity index (χ3n) is 5.02. The molecule has 1 saturated heterocycles. The van der Waals surface area contributed by atoms with E-state index in [0.717, 1.165) is 5.56 Å². The summed E-state index contributed by atoms with van der Waals surface area (Å²) in [7, 11) is 1.32. The van der Waals surface area contributed by atoms with Gasteiger partial charge in [-0.1, -0.05) is 36.4 Å². The number of alkyl carbamates (subject to hydrolysis) is 1. The van der Waals surface area contributed by atoms with Gasteiger partial charge in [0.1, 0.15) is 22.8 Å². The van der Waals surface area contributed by atoms with E-state index in [1.807, 2.05) is 30.3 Å². The summed E-state index contributed by atoms with van der Waals surface area (Å²) in [5.41, 5.74) is 0.859. The van der Waals surface area contributed by atoms with Crippen LogP contribution in [0.2, 0.25) is 0 Å². The second-order valence-electron chi connectivity index (χ2n) is 8.90. The number of cyclic esters (lactones) is 1. The zero-order valence-corrected chi connectivity index (χ0v) is 20.9. The predicted octanol–water partition coefficient (Wildman–Crippen LogP) is 4.82. The topological polar surface area (TPSA) is 94.2 Å². The minimum atomic E-state index is -0.641. The van der Waals surface area contributed by atoms with Crippen molar-refractivity contribution in [2.45, 2.75) is 43.5 Å². The summed E-state index contributed by atoms with van der Waals surface area (Å²) in [6.07, 6.45) is -1.84. The zero-order valence-electron chi connectivity index (χ0n) is 20.1. The molecule has 3 rings (SSSR count). The van der Waals surface area contributed by atoms with Crippen molar-refractivity contribution in [1.29, 1.82) is 0 Å². The highest BCUT2D eigenvalue weighted by Crippen LogP contribution is 2.34. The fourth-order valence-corrected chi connectivity index (χ4v) is 4.54. The van der Waals surface area contributed by atoms with Crippen LogP contribution in [0.4, 0.5) is 19.7 Å². The number of anilines is 1.